The average molecular weight is 203 g/mol. The Balaban J connectivity index is 3.87. The van der Waals surface area contributed by atoms with E-state index in [1.165, 1.54) is 0 Å². The SMILES string of the molecule is C#CC(CC)NC(=O)NC(=O)CCl. The predicted molar refractivity (Wildman–Crippen MR) is 50.3 cm³/mol. The van der Waals surface area contributed by atoms with Crippen molar-refractivity contribution < 1.29 is 9.59 Å². The van der Waals surface area contributed by atoms with Crippen molar-refractivity contribution in [3.05, 3.63) is 0 Å². The largest absolute Gasteiger partial charge is 0.324 e. The molecule has 13 heavy (non-hydrogen) atoms. The minimum atomic E-state index is -0.615. The minimum Gasteiger partial charge on any atom is -0.324 e. The van der Waals surface area contributed by atoms with Crippen LogP contribution in [0.4, 0.5) is 4.79 Å². The summed E-state index contributed by atoms with van der Waals surface area (Å²) in [6, 6.07) is -0.974. The van der Waals surface area contributed by atoms with Gasteiger partial charge in [0.15, 0.2) is 0 Å². The lowest BCUT2D eigenvalue weighted by Crippen LogP contribution is -2.44. The van der Waals surface area contributed by atoms with Crippen LogP contribution in [0.3, 0.4) is 0 Å². The average Bonchev–Trinajstić information content (AvgIpc) is 2.13. The van der Waals surface area contributed by atoms with Crippen molar-refractivity contribution in [2.24, 2.45) is 0 Å². The van der Waals surface area contributed by atoms with Crippen molar-refractivity contribution in [3.63, 3.8) is 0 Å². The summed E-state index contributed by atoms with van der Waals surface area (Å²) in [5, 5.41) is 4.43. The third-order valence-corrected chi connectivity index (χ3v) is 1.53. The fourth-order valence-corrected chi connectivity index (χ4v) is 0.683. The maximum absolute atomic E-state index is 10.9. The van der Waals surface area contributed by atoms with E-state index in [2.05, 4.69) is 11.2 Å². The van der Waals surface area contributed by atoms with E-state index in [0.717, 1.165) is 0 Å². The van der Waals surface area contributed by atoms with Crippen LogP contribution in [0.1, 0.15) is 13.3 Å². The number of imide groups is 1. The number of nitrogens with one attached hydrogen (secondary N) is 2. The Hall–Kier alpha value is -1.21. The molecule has 0 aromatic carbocycles. The van der Waals surface area contributed by atoms with Gasteiger partial charge in [0.25, 0.3) is 0 Å². The fraction of sp³-hybridized carbons (Fsp3) is 0.500. The molecule has 0 saturated heterocycles. The Kier molecular flexibility index (Phi) is 5.73. The molecule has 1 unspecified atom stereocenters. The number of alkyl halides is 1. The number of amides is 3. The quantitative estimate of drug-likeness (QED) is 0.516. The monoisotopic (exact) mass is 202 g/mol. The van der Waals surface area contributed by atoms with Crippen LogP contribution in [0, 0.1) is 12.3 Å². The van der Waals surface area contributed by atoms with Crippen molar-refractivity contribution in [2.45, 2.75) is 19.4 Å². The Morgan fingerprint density at radius 3 is 2.62 bits per heavy atom. The van der Waals surface area contributed by atoms with Gasteiger partial charge in [-0.05, 0) is 6.42 Å². The van der Waals surface area contributed by atoms with E-state index >= 15 is 0 Å². The van der Waals surface area contributed by atoms with Gasteiger partial charge in [0.2, 0.25) is 5.91 Å². The lowest BCUT2D eigenvalue weighted by molar-refractivity contribution is -0.117. The maximum Gasteiger partial charge on any atom is 0.322 e. The molecule has 0 aliphatic rings. The number of halogens is 1. The fourth-order valence-electron chi connectivity index (χ4n) is 0.616. The highest BCUT2D eigenvalue weighted by Crippen LogP contribution is 1.87. The second-order valence-corrected chi connectivity index (χ2v) is 2.55. The van der Waals surface area contributed by atoms with E-state index in [4.69, 9.17) is 18.0 Å². The lowest BCUT2D eigenvalue weighted by Gasteiger charge is -2.10. The molecule has 3 amide bonds. The zero-order valence-electron chi connectivity index (χ0n) is 7.26. The molecule has 0 rings (SSSR count). The van der Waals surface area contributed by atoms with Crippen LogP contribution in [0.2, 0.25) is 0 Å². The van der Waals surface area contributed by atoms with Crippen molar-refractivity contribution >= 4 is 23.5 Å². The van der Waals surface area contributed by atoms with Crippen LogP contribution in [0.5, 0.6) is 0 Å². The molecule has 2 N–H and O–H groups in total. The molecule has 0 aromatic heterocycles. The third-order valence-electron chi connectivity index (χ3n) is 1.29. The van der Waals surface area contributed by atoms with E-state index in [1.54, 1.807) is 0 Å². The van der Waals surface area contributed by atoms with Crippen LogP contribution in [-0.2, 0) is 4.79 Å². The number of carbonyl (C=O) groups excluding carboxylic acids is 2. The summed E-state index contributed by atoms with van der Waals surface area (Å²) in [5.41, 5.74) is 0. The van der Waals surface area contributed by atoms with Crippen LogP contribution in [-0.4, -0.2) is 23.9 Å². The molecule has 0 heterocycles. The summed E-state index contributed by atoms with van der Waals surface area (Å²) in [4.78, 5) is 21.6. The Morgan fingerprint density at radius 2 is 2.23 bits per heavy atom. The van der Waals surface area contributed by atoms with Crippen LogP contribution in [0.25, 0.3) is 0 Å². The Bertz CT molecular complexity index is 235. The molecule has 0 spiro atoms. The van der Waals surface area contributed by atoms with Crippen molar-refractivity contribution in [1.29, 1.82) is 0 Å². The van der Waals surface area contributed by atoms with Crippen molar-refractivity contribution in [2.75, 3.05) is 5.88 Å². The van der Waals surface area contributed by atoms with Gasteiger partial charge in [0.05, 0.1) is 6.04 Å². The van der Waals surface area contributed by atoms with Gasteiger partial charge in [-0.3, -0.25) is 10.1 Å². The molecular formula is C8H11ClN2O2. The molecular weight excluding hydrogens is 192 g/mol. The van der Waals surface area contributed by atoms with E-state index in [0.29, 0.717) is 6.42 Å². The normalized spacial score (nSPS) is 11.2. The summed E-state index contributed by atoms with van der Waals surface area (Å²) >= 11 is 5.17. The molecule has 0 aliphatic carbocycles. The topological polar surface area (TPSA) is 58.2 Å². The number of carbonyl (C=O) groups is 2. The highest BCUT2D eigenvalue weighted by Gasteiger charge is 2.09. The maximum atomic E-state index is 10.9. The zero-order valence-corrected chi connectivity index (χ0v) is 8.02. The second kappa shape index (κ2) is 6.32. The molecule has 0 radical (unpaired) electrons. The molecule has 72 valence electrons. The smallest absolute Gasteiger partial charge is 0.322 e. The van der Waals surface area contributed by atoms with E-state index in [-0.39, 0.29) is 11.9 Å². The van der Waals surface area contributed by atoms with Crippen molar-refractivity contribution in [3.8, 4) is 12.3 Å². The van der Waals surface area contributed by atoms with Gasteiger partial charge in [-0.15, -0.1) is 18.0 Å². The van der Waals surface area contributed by atoms with Crippen molar-refractivity contribution in [1.82, 2.24) is 10.6 Å². The van der Waals surface area contributed by atoms with Gasteiger partial charge in [-0.2, -0.15) is 0 Å². The zero-order chi connectivity index (χ0) is 10.3. The molecule has 0 aliphatic heterocycles. The second-order valence-electron chi connectivity index (χ2n) is 2.28. The molecule has 5 heteroatoms. The lowest BCUT2D eigenvalue weighted by atomic mass is 10.2. The van der Waals surface area contributed by atoms with E-state index in [1.807, 2.05) is 12.2 Å². The molecule has 0 aromatic rings. The van der Waals surface area contributed by atoms with Crippen LogP contribution < -0.4 is 10.6 Å². The first-order valence-electron chi connectivity index (χ1n) is 3.76. The summed E-state index contributed by atoms with van der Waals surface area (Å²) in [7, 11) is 0. The molecule has 0 fully saturated rings. The first-order valence-corrected chi connectivity index (χ1v) is 4.29. The standard InChI is InChI=1S/C8H11ClN2O2/c1-3-6(4-2)10-8(13)11-7(12)5-9/h1,6H,4-5H2,2H3,(H2,10,11,12,13). The summed E-state index contributed by atoms with van der Waals surface area (Å²) in [6.07, 6.45) is 5.70. The Morgan fingerprint density at radius 1 is 1.62 bits per heavy atom. The number of rotatable bonds is 3. The van der Waals surface area contributed by atoms with Gasteiger partial charge in [0, 0.05) is 0 Å². The summed E-state index contributed by atoms with van der Waals surface area (Å²) < 4.78 is 0. The highest BCUT2D eigenvalue weighted by atomic mass is 35.5. The molecule has 1 atom stereocenters. The van der Waals surface area contributed by atoms with Gasteiger partial charge < -0.3 is 5.32 Å². The van der Waals surface area contributed by atoms with Gasteiger partial charge >= 0.3 is 6.03 Å². The number of urea groups is 1. The van der Waals surface area contributed by atoms with Gasteiger partial charge in [0.1, 0.15) is 5.88 Å². The summed E-state index contributed by atoms with van der Waals surface area (Å²) in [6.45, 7) is 1.83. The Labute approximate surface area is 82.0 Å². The van der Waals surface area contributed by atoms with Crippen LogP contribution >= 0.6 is 11.6 Å². The van der Waals surface area contributed by atoms with E-state index in [9.17, 15) is 9.59 Å². The minimum absolute atomic E-state index is 0.250. The number of terminal acetylenes is 1. The van der Waals surface area contributed by atoms with Gasteiger partial charge in [-0.1, -0.05) is 12.8 Å². The molecule has 0 saturated carbocycles. The first kappa shape index (κ1) is 11.8. The third kappa shape index (κ3) is 5.10. The molecule has 4 nitrogen and oxygen atoms in total. The summed E-state index contributed by atoms with van der Waals surface area (Å²) in [5.74, 6) is 1.56. The number of hydrogen-bond donors (Lipinski definition) is 2. The first-order chi connectivity index (χ1) is 6.13. The highest BCUT2D eigenvalue weighted by molar-refractivity contribution is 6.28. The van der Waals surface area contributed by atoms with E-state index < -0.39 is 11.9 Å². The molecule has 0 bridgehead atoms. The van der Waals surface area contributed by atoms with Crippen LogP contribution in [0.15, 0.2) is 0 Å². The predicted octanol–water partition coefficient (Wildman–Crippen LogP) is 0.463. The number of hydrogen-bond acceptors (Lipinski definition) is 2. The van der Waals surface area contributed by atoms with Gasteiger partial charge in [-0.25, -0.2) is 4.79 Å².